The molecule has 0 bridgehead atoms. The van der Waals surface area contributed by atoms with Crippen LogP contribution in [0.15, 0.2) is 0 Å². The van der Waals surface area contributed by atoms with Crippen LogP contribution in [0.25, 0.3) is 0 Å². The van der Waals surface area contributed by atoms with E-state index in [1.165, 1.54) is 0 Å². The number of aliphatic hydroxyl groups is 3. The summed E-state index contributed by atoms with van der Waals surface area (Å²) in [6.45, 7) is 0. The Morgan fingerprint density at radius 3 is 2.14 bits per heavy atom. The van der Waals surface area contributed by atoms with Crippen molar-refractivity contribution in [1.29, 1.82) is 0 Å². The van der Waals surface area contributed by atoms with E-state index >= 15 is 0 Å². The fraction of sp³-hybridized carbons (Fsp3) is 0.833. The van der Waals surface area contributed by atoms with Crippen molar-refractivity contribution in [2.24, 2.45) is 0 Å². The van der Waals surface area contributed by atoms with Gasteiger partial charge in [0, 0.05) is 0 Å². The Hall–Kier alpha value is 0.790. The predicted octanol–water partition coefficient (Wildman–Crippen LogP) is -6.06. The molecule has 14 heavy (non-hydrogen) atoms. The van der Waals surface area contributed by atoms with Crippen LogP contribution in [0.1, 0.15) is 0 Å². The van der Waals surface area contributed by atoms with Gasteiger partial charge in [0.25, 0.3) is 0 Å². The Kier molecular flexibility index (Phi) is 6.08. The molecule has 1 aliphatic heterocycles. The molecule has 6 nitrogen and oxygen atoms in total. The van der Waals surface area contributed by atoms with Crippen LogP contribution in [0.5, 0.6) is 0 Å². The standard InChI is InChI=1S/C6H9BrO6.Na/c7-5-3(10)1(8)2(9)4(13-5)6(11)12;/h1-5,8-10H,(H,11,12);/q;+1/p-1/t1-,2-,3+,4-,5+;/m0./s1. The predicted molar refractivity (Wildman–Crippen MR) is 40.6 cm³/mol. The maximum atomic E-state index is 10.4. The van der Waals surface area contributed by atoms with E-state index in [1.807, 2.05) is 0 Å². The second-order valence-electron chi connectivity index (χ2n) is 2.70. The second-order valence-corrected chi connectivity index (χ2v) is 3.60. The first-order chi connectivity index (χ1) is 5.95. The molecule has 0 unspecified atom stereocenters. The fourth-order valence-electron chi connectivity index (χ4n) is 1.03. The van der Waals surface area contributed by atoms with Crippen molar-refractivity contribution < 1.29 is 59.5 Å². The van der Waals surface area contributed by atoms with Gasteiger partial charge in [-0.3, -0.25) is 0 Å². The van der Waals surface area contributed by atoms with Crippen LogP contribution in [0.3, 0.4) is 0 Å². The summed E-state index contributed by atoms with van der Waals surface area (Å²) in [4.78, 5) is 10.4. The summed E-state index contributed by atoms with van der Waals surface area (Å²) in [5.74, 6) is -1.64. The number of carbonyl (C=O) groups excluding carboxylic acids is 1. The SMILES string of the molecule is O=C([O-])[C@H]1O[C@@H](Br)[C@H](O)[C@@H](O)[C@@H]1O.[Na+]. The molecule has 1 rings (SSSR count). The van der Waals surface area contributed by atoms with E-state index in [4.69, 9.17) is 15.3 Å². The third-order valence-electron chi connectivity index (χ3n) is 1.79. The molecule has 1 fully saturated rings. The van der Waals surface area contributed by atoms with Crippen molar-refractivity contribution in [3.63, 3.8) is 0 Å². The number of carboxylic acid groups (broad SMARTS) is 1. The van der Waals surface area contributed by atoms with E-state index in [2.05, 4.69) is 20.7 Å². The summed E-state index contributed by atoms with van der Waals surface area (Å²) in [6.07, 6.45) is -6.26. The Bertz CT molecular complexity index is 214. The molecule has 0 amide bonds. The van der Waals surface area contributed by atoms with Crippen LogP contribution in [0.2, 0.25) is 0 Å². The minimum Gasteiger partial charge on any atom is -0.547 e. The van der Waals surface area contributed by atoms with Crippen molar-refractivity contribution in [1.82, 2.24) is 0 Å². The molecular formula is C6H8BrNaO6. The Balaban J connectivity index is 0.00000169. The zero-order valence-corrected chi connectivity index (χ0v) is 10.9. The number of rotatable bonds is 1. The minimum atomic E-state index is -1.69. The summed E-state index contributed by atoms with van der Waals surface area (Å²) < 4.78 is 4.64. The van der Waals surface area contributed by atoms with E-state index in [-0.39, 0.29) is 29.6 Å². The molecule has 0 aromatic rings. The number of carbonyl (C=O) groups is 1. The Morgan fingerprint density at radius 2 is 1.71 bits per heavy atom. The van der Waals surface area contributed by atoms with Crippen LogP contribution < -0.4 is 34.7 Å². The van der Waals surface area contributed by atoms with Gasteiger partial charge in [0.05, 0.1) is 5.97 Å². The normalized spacial score (nSPS) is 42.7. The average molecular weight is 279 g/mol. The van der Waals surface area contributed by atoms with Gasteiger partial charge in [0.1, 0.15) is 29.4 Å². The fourth-order valence-corrected chi connectivity index (χ4v) is 1.58. The second kappa shape index (κ2) is 5.76. The number of carboxylic acids is 1. The van der Waals surface area contributed by atoms with Gasteiger partial charge in [-0.25, -0.2) is 0 Å². The molecule has 1 heterocycles. The summed E-state index contributed by atoms with van der Waals surface area (Å²) >= 11 is 2.80. The molecule has 0 aromatic carbocycles. The zero-order chi connectivity index (χ0) is 10.2. The molecule has 1 saturated heterocycles. The van der Waals surface area contributed by atoms with Gasteiger partial charge in [0.2, 0.25) is 0 Å². The molecule has 76 valence electrons. The molecule has 1 aliphatic rings. The quantitative estimate of drug-likeness (QED) is 0.325. The van der Waals surface area contributed by atoms with E-state index < -0.39 is 35.4 Å². The summed E-state index contributed by atoms with van der Waals surface area (Å²) in [6, 6.07) is 0. The minimum absolute atomic E-state index is 0. The molecular weight excluding hydrogens is 271 g/mol. The van der Waals surface area contributed by atoms with Crippen molar-refractivity contribution in [2.45, 2.75) is 29.4 Å². The molecule has 0 radical (unpaired) electrons. The molecule has 0 spiro atoms. The molecule has 3 N–H and O–H groups in total. The maximum Gasteiger partial charge on any atom is 1.00 e. The van der Waals surface area contributed by atoms with Gasteiger partial charge in [-0.2, -0.15) is 0 Å². The number of aliphatic hydroxyl groups excluding tert-OH is 3. The average Bonchev–Trinajstić information content (AvgIpc) is 2.07. The Morgan fingerprint density at radius 1 is 1.21 bits per heavy atom. The van der Waals surface area contributed by atoms with Gasteiger partial charge >= 0.3 is 29.6 Å². The van der Waals surface area contributed by atoms with Crippen molar-refractivity contribution >= 4 is 21.9 Å². The number of halogens is 1. The summed E-state index contributed by atoms with van der Waals surface area (Å²) in [7, 11) is 0. The smallest absolute Gasteiger partial charge is 0.547 e. The maximum absolute atomic E-state index is 10.4. The van der Waals surface area contributed by atoms with Gasteiger partial charge < -0.3 is 30.0 Å². The monoisotopic (exact) mass is 278 g/mol. The van der Waals surface area contributed by atoms with E-state index in [1.54, 1.807) is 0 Å². The van der Waals surface area contributed by atoms with Gasteiger partial charge in [0.15, 0.2) is 0 Å². The van der Waals surface area contributed by atoms with Crippen molar-refractivity contribution in [2.75, 3.05) is 0 Å². The third kappa shape index (κ3) is 2.89. The van der Waals surface area contributed by atoms with E-state index in [9.17, 15) is 9.90 Å². The first-order valence-corrected chi connectivity index (χ1v) is 4.41. The first kappa shape index (κ1) is 14.8. The van der Waals surface area contributed by atoms with Gasteiger partial charge in [-0.05, 0) is 0 Å². The molecule has 8 heteroatoms. The largest absolute Gasteiger partial charge is 1.00 e. The van der Waals surface area contributed by atoms with Crippen molar-refractivity contribution in [3.8, 4) is 0 Å². The zero-order valence-electron chi connectivity index (χ0n) is 7.33. The van der Waals surface area contributed by atoms with Gasteiger partial charge in [-0.1, -0.05) is 15.9 Å². The van der Waals surface area contributed by atoms with Crippen LogP contribution in [-0.2, 0) is 9.53 Å². The van der Waals surface area contributed by atoms with E-state index in [0.717, 1.165) is 0 Å². The first-order valence-electron chi connectivity index (χ1n) is 3.49. The summed E-state index contributed by atoms with van der Waals surface area (Å²) in [5, 5.41) is 36.7. The van der Waals surface area contributed by atoms with Crippen molar-refractivity contribution in [3.05, 3.63) is 0 Å². The number of hydrogen-bond acceptors (Lipinski definition) is 6. The number of hydrogen-bond donors (Lipinski definition) is 3. The van der Waals surface area contributed by atoms with Gasteiger partial charge in [-0.15, -0.1) is 0 Å². The van der Waals surface area contributed by atoms with Crippen LogP contribution in [0.4, 0.5) is 0 Å². The number of alkyl halides is 1. The summed E-state index contributed by atoms with van der Waals surface area (Å²) in [5.41, 5.74) is 0. The number of ether oxygens (including phenoxy) is 1. The number of aliphatic carboxylic acids is 1. The Labute approximate surface area is 110 Å². The molecule has 0 aromatic heterocycles. The van der Waals surface area contributed by atoms with Crippen LogP contribution >= 0.6 is 15.9 Å². The third-order valence-corrected chi connectivity index (χ3v) is 2.54. The topological polar surface area (TPSA) is 110 Å². The molecule has 0 aliphatic carbocycles. The molecule has 5 atom stereocenters. The van der Waals surface area contributed by atoms with Crippen LogP contribution in [-0.4, -0.2) is 50.7 Å². The molecule has 0 saturated carbocycles. The van der Waals surface area contributed by atoms with E-state index in [0.29, 0.717) is 0 Å². The van der Waals surface area contributed by atoms with Crippen LogP contribution in [0, 0.1) is 0 Å².